The molecule has 1 aromatic rings. The van der Waals surface area contributed by atoms with Crippen LogP contribution in [-0.4, -0.2) is 31.1 Å². The zero-order chi connectivity index (χ0) is 12.1. The molecule has 1 unspecified atom stereocenters. The van der Waals surface area contributed by atoms with Gasteiger partial charge in [0.05, 0.1) is 0 Å². The summed E-state index contributed by atoms with van der Waals surface area (Å²) in [6.45, 7) is 4.20. The second-order valence-electron chi connectivity index (χ2n) is 4.94. The van der Waals surface area contributed by atoms with E-state index < -0.39 is 0 Å². The van der Waals surface area contributed by atoms with E-state index in [1.807, 2.05) is 12.1 Å². The lowest BCUT2D eigenvalue weighted by atomic mass is 9.99. The lowest BCUT2D eigenvalue weighted by Crippen LogP contribution is -2.32. The molecule has 0 saturated carbocycles. The van der Waals surface area contributed by atoms with E-state index in [4.69, 9.17) is 5.73 Å². The summed E-state index contributed by atoms with van der Waals surface area (Å²) in [5, 5.41) is 0. The third-order valence-electron chi connectivity index (χ3n) is 3.49. The molecule has 0 amide bonds. The molecule has 3 heteroatoms. The van der Waals surface area contributed by atoms with E-state index in [0.29, 0.717) is 12.5 Å². The SMILES string of the molecule is NCC(Cc1ccc(F)cc1)CN1CCCC1. The van der Waals surface area contributed by atoms with Crippen molar-refractivity contribution in [1.29, 1.82) is 0 Å². The van der Waals surface area contributed by atoms with E-state index >= 15 is 0 Å². The van der Waals surface area contributed by atoms with Gasteiger partial charge in [0.15, 0.2) is 0 Å². The Morgan fingerprint density at radius 1 is 1.18 bits per heavy atom. The average molecular weight is 236 g/mol. The van der Waals surface area contributed by atoms with Gasteiger partial charge in [-0.15, -0.1) is 0 Å². The van der Waals surface area contributed by atoms with E-state index in [2.05, 4.69) is 4.90 Å². The van der Waals surface area contributed by atoms with Crippen LogP contribution in [0, 0.1) is 11.7 Å². The first-order valence-corrected chi connectivity index (χ1v) is 6.45. The summed E-state index contributed by atoms with van der Waals surface area (Å²) in [5.41, 5.74) is 7.01. The molecular formula is C14H21FN2. The third kappa shape index (κ3) is 3.79. The number of nitrogens with two attached hydrogens (primary N) is 1. The van der Waals surface area contributed by atoms with Gasteiger partial charge in [-0.2, -0.15) is 0 Å². The molecule has 0 spiro atoms. The average Bonchev–Trinajstić information content (AvgIpc) is 2.84. The monoisotopic (exact) mass is 236 g/mol. The van der Waals surface area contributed by atoms with Crippen LogP contribution in [0.2, 0.25) is 0 Å². The Bertz CT molecular complexity index is 331. The predicted octanol–water partition coefficient (Wildman–Crippen LogP) is 2.04. The van der Waals surface area contributed by atoms with Gasteiger partial charge in [0, 0.05) is 6.54 Å². The lowest BCUT2D eigenvalue weighted by molar-refractivity contribution is 0.279. The number of nitrogens with zero attached hydrogens (tertiary/aromatic N) is 1. The van der Waals surface area contributed by atoms with Crippen molar-refractivity contribution in [2.45, 2.75) is 19.3 Å². The zero-order valence-corrected chi connectivity index (χ0v) is 10.2. The molecule has 1 heterocycles. The Labute approximate surface area is 103 Å². The molecule has 94 valence electrons. The highest BCUT2D eigenvalue weighted by Gasteiger charge is 2.16. The number of hydrogen-bond donors (Lipinski definition) is 1. The summed E-state index contributed by atoms with van der Waals surface area (Å²) in [4.78, 5) is 2.49. The van der Waals surface area contributed by atoms with Crippen molar-refractivity contribution in [2.24, 2.45) is 11.7 Å². The first-order chi connectivity index (χ1) is 8.28. The highest BCUT2D eigenvalue weighted by Crippen LogP contribution is 2.14. The number of likely N-dealkylation sites (tertiary alicyclic amines) is 1. The van der Waals surface area contributed by atoms with Gasteiger partial charge in [-0.1, -0.05) is 12.1 Å². The molecule has 1 aliphatic rings. The van der Waals surface area contributed by atoms with Crippen LogP contribution in [0.5, 0.6) is 0 Å². The predicted molar refractivity (Wildman–Crippen MR) is 68.3 cm³/mol. The molecule has 2 rings (SSSR count). The van der Waals surface area contributed by atoms with Crippen LogP contribution in [0.1, 0.15) is 18.4 Å². The lowest BCUT2D eigenvalue weighted by Gasteiger charge is -2.22. The summed E-state index contributed by atoms with van der Waals surface area (Å²) in [6.07, 6.45) is 3.58. The van der Waals surface area contributed by atoms with Crippen molar-refractivity contribution in [2.75, 3.05) is 26.2 Å². The molecule has 1 aliphatic heterocycles. The minimum atomic E-state index is -0.169. The van der Waals surface area contributed by atoms with Gasteiger partial charge < -0.3 is 10.6 Å². The van der Waals surface area contributed by atoms with Gasteiger partial charge in [-0.05, 0) is 62.5 Å². The molecule has 2 nitrogen and oxygen atoms in total. The highest BCUT2D eigenvalue weighted by molar-refractivity contribution is 5.16. The van der Waals surface area contributed by atoms with Gasteiger partial charge in [0.2, 0.25) is 0 Å². The summed E-state index contributed by atoms with van der Waals surface area (Å²) < 4.78 is 12.8. The molecular weight excluding hydrogens is 215 g/mol. The van der Waals surface area contributed by atoms with Crippen LogP contribution in [0.4, 0.5) is 4.39 Å². The largest absolute Gasteiger partial charge is 0.330 e. The van der Waals surface area contributed by atoms with Crippen molar-refractivity contribution in [3.63, 3.8) is 0 Å². The Kier molecular flexibility index (Phi) is 4.51. The molecule has 1 saturated heterocycles. The van der Waals surface area contributed by atoms with Gasteiger partial charge in [0.1, 0.15) is 5.82 Å². The van der Waals surface area contributed by atoms with Gasteiger partial charge in [0.25, 0.3) is 0 Å². The van der Waals surface area contributed by atoms with Crippen LogP contribution in [-0.2, 0) is 6.42 Å². The Balaban J connectivity index is 1.87. The molecule has 0 aliphatic carbocycles. The van der Waals surface area contributed by atoms with Crippen LogP contribution < -0.4 is 5.73 Å². The van der Waals surface area contributed by atoms with Gasteiger partial charge >= 0.3 is 0 Å². The van der Waals surface area contributed by atoms with Gasteiger partial charge in [-0.3, -0.25) is 0 Å². The second kappa shape index (κ2) is 6.12. The first-order valence-electron chi connectivity index (χ1n) is 6.45. The molecule has 1 atom stereocenters. The van der Waals surface area contributed by atoms with Gasteiger partial charge in [-0.25, -0.2) is 4.39 Å². The smallest absolute Gasteiger partial charge is 0.123 e. The van der Waals surface area contributed by atoms with Crippen LogP contribution >= 0.6 is 0 Å². The quantitative estimate of drug-likeness (QED) is 0.847. The summed E-state index contributed by atoms with van der Waals surface area (Å²) >= 11 is 0. The van der Waals surface area contributed by atoms with E-state index in [9.17, 15) is 4.39 Å². The van der Waals surface area contributed by atoms with E-state index in [0.717, 1.165) is 13.0 Å². The highest BCUT2D eigenvalue weighted by atomic mass is 19.1. The number of halogens is 1. The number of benzene rings is 1. The number of rotatable bonds is 5. The van der Waals surface area contributed by atoms with Crippen LogP contribution in [0.25, 0.3) is 0 Å². The minimum absolute atomic E-state index is 0.169. The topological polar surface area (TPSA) is 29.3 Å². The first kappa shape index (κ1) is 12.5. The summed E-state index contributed by atoms with van der Waals surface area (Å²) in [7, 11) is 0. The molecule has 0 radical (unpaired) electrons. The summed E-state index contributed by atoms with van der Waals surface area (Å²) in [5.74, 6) is 0.316. The summed E-state index contributed by atoms with van der Waals surface area (Å²) in [6, 6.07) is 6.78. The number of hydrogen-bond acceptors (Lipinski definition) is 2. The van der Waals surface area contributed by atoms with E-state index in [1.54, 1.807) is 0 Å². The molecule has 2 N–H and O–H groups in total. The van der Waals surface area contributed by atoms with Crippen molar-refractivity contribution in [1.82, 2.24) is 4.90 Å². The van der Waals surface area contributed by atoms with E-state index in [1.165, 1.54) is 43.6 Å². The van der Waals surface area contributed by atoms with Crippen LogP contribution in [0.15, 0.2) is 24.3 Å². The molecule has 1 fully saturated rings. The van der Waals surface area contributed by atoms with Crippen LogP contribution in [0.3, 0.4) is 0 Å². The van der Waals surface area contributed by atoms with Crippen molar-refractivity contribution in [3.8, 4) is 0 Å². The maximum atomic E-state index is 12.8. The normalized spacial score (nSPS) is 18.5. The fraction of sp³-hybridized carbons (Fsp3) is 0.571. The molecule has 0 aromatic heterocycles. The van der Waals surface area contributed by atoms with Crippen molar-refractivity contribution in [3.05, 3.63) is 35.6 Å². The maximum absolute atomic E-state index is 12.8. The van der Waals surface area contributed by atoms with E-state index in [-0.39, 0.29) is 5.82 Å². The minimum Gasteiger partial charge on any atom is -0.330 e. The third-order valence-corrected chi connectivity index (χ3v) is 3.49. The zero-order valence-electron chi connectivity index (χ0n) is 10.2. The Morgan fingerprint density at radius 2 is 1.82 bits per heavy atom. The standard InChI is InChI=1S/C14H21FN2/c15-14-5-3-12(4-6-14)9-13(10-16)11-17-7-1-2-8-17/h3-6,13H,1-2,7-11,16H2. The maximum Gasteiger partial charge on any atom is 0.123 e. The second-order valence-corrected chi connectivity index (χ2v) is 4.94. The van der Waals surface area contributed by atoms with Crippen molar-refractivity contribution < 1.29 is 4.39 Å². The Hall–Kier alpha value is -0.930. The Morgan fingerprint density at radius 3 is 2.41 bits per heavy atom. The van der Waals surface area contributed by atoms with Crippen molar-refractivity contribution >= 4 is 0 Å². The fourth-order valence-corrected chi connectivity index (χ4v) is 2.51. The molecule has 1 aromatic carbocycles. The fourth-order valence-electron chi connectivity index (χ4n) is 2.51. The molecule has 0 bridgehead atoms. The molecule has 17 heavy (non-hydrogen) atoms.